The van der Waals surface area contributed by atoms with Crippen LogP contribution >= 0.6 is 11.6 Å². The second kappa shape index (κ2) is 5.83. The van der Waals surface area contributed by atoms with Crippen LogP contribution in [0.4, 0.5) is 4.39 Å². The maximum absolute atomic E-state index is 13.7. The van der Waals surface area contributed by atoms with E-state index in [9.17, 15) is 4.39 Å². The standard InChI is InChI=1S/C14H19ClFN/c15-13-6-3-7-14(16)12(13)9-10-4-1-2-5-11(17)8-10/h3,6-7,10-11H,1-2,4-5,8-9,17H2. The molecule has 1 aromatic rings. The van der Waals surface area contributed by atoms with Gasteiger partial charge in [-0.2, -0.15) is 0 Å². The molecule has 1 nitrogen and oxygen atoms in total. The third kappa shape index (κ3) is 3.43. The van der Waals surface area contributed by atoms with Gasteiger partial charge in [-0.15, -0.1) is 0 Å². The van der Waals surface area contributed by atoms with E-state index in [0.29, 0.717) is 16.5 Å². The molecule has 0 aliphatic heterocycles. The summed E-state index contributed by atoms with van der Waals surface area (Å²) in [4.78, 5) is 0. The van der Waals surface area contributed by atoms with Crippen molar-refractivity contribution in [3.8, 4) is 0 Å². The van der Waals surface area contributed by atoms with Crippen molar-refractivity contribution in [2.24, 2.45) is 11.7 Å². The van der Waals surface area contributed by atoms with E-state index in [-0.39, 0.29) is 11.9 Å². The Hall–Kier alpha value is -0.600. The fraction of sp³-hybridized carbons (Fsp3) is 0.571. The third-order valence-electron chi connectivity index (χ3n) is 3.63. The van der Waals surface area contributed by atoms with Crippen molar-refractivity contribution in [1.29, 1.82) is 0 Å². The first-order valence-corrected chi connectivity index (χ1v) is 6.73. The smallest absolute Gasteiger partial charge is 0.127 e. The molecule has 94 valence electrons. The lowest BCUT2D eigenvalue weighted by Gasteiger charge is -2.18. The Morgan fingerprint density at radius 2 is 2.06 bits per heavy atom. The van der Waals surface area contributed by atoms with Gasteiger partial charge >= 0.3 is 0 Å². The second-order valence-electron chi connectivity index (χ2n) is 5.05. The topological polar surface area (TPSA) is 26.0 Å². The summed E-state index contributed by atoms with van der Waals surface area (Å²) in [7, 11) is 0. The van der Waals surface area contributed by atoms with Gasteiger partial charge in [-0.25, -0.2) is 4.39 Å². The van der Waals surface area contributed by atoms with E-state index in [1.165, 1.54) is 18.9 Å². The zero-order chi connectivity index (χ0) is 12.3. The Morgan fingerprint density at radius 1 is 1.29 bits per heavy atom. The van der Waals surface area contributed by atoms with Crippen molar-refractivity contribution >= 4 is 11.6 Å². The lowest BCUT2D eigenvalue weighted by molar-refractivity contribution is 0.423. The first-order valence-electron chi connectivity index (χ1n) is 6.35. The van der Waals surface area contributed by atoms with Crippen molar-refractivity contribution in [1.82, 2.24) is 0 Å². The van der Waals surface area contributed by atoms with Crippen LogP contribution in [0.3, 0.4) is 0 Å². The van der Waals surface area contributed by atoms with Crippen LogP contribution in [0.25, 0.3) is 0 Å². The van der Waals surface area contributed by atoms with Gasteiger partial charge in [0.25, 0.3) is 0 Å². The molecule has 1 saturated carbocycles. The molecule has 0 heterocycles. The van der Waals surface area contributed by atoms with Gasteiger partial charge in [-0.1, -0.05) is 36.9 Å². The fourth-order valence-corrected chi connectivity index (χ4v) is 2.94. The molecule has 0 saturated heterocycles. The maximum atomic E-state index is 13.7. The van der Waals surface area contributed by atoms with Crippen molar-refractivity contribution < 1.29 is 4.39 Å². The number of benzene rings is 1. The van der Waals surface area contributed by atoms with Gasteiger partial charge in [-0.05, 0) is 37.3 Å². The zero-order valence-electron chi connectivity index (χ0n) is 9.96. The monoisotopic (exact) mass is 255 g/mol. The third-order valence-corrected chi connectivity index (χ3v) is 3.98. The van der Waals surface area contributed by atoms with Gasteiger partial charge in [0, 0.05) is 16.6 Å². The first kappa shape index (κ1) is 12.8. The predicted molar refractivity (Wildman–Crippen MR) is 69.7 cm³/mol. The van der Waals surface area contributed by atoms with Crippen LogP contribution in [0.1, 0.15) is 37.7 Å². The molecule has 0 amide bonds. The number of hydrogen-bond donors (Lipinski definition) is 1. The average Bonchev–Trinajstić information content (AvgIpc) is 2.48. The summed E-state index contributed by atoms with van der Waals surface area (Å²) < 4.78 is 13.7. The van der Waals surface area contributed by atoms with Gasteiger partial charge in [0.1, 0.15) is 5.82 Å². The molecule has 1 fully saturated rings. The minimum Gasteiger partial charge on any atom is -0.328 e. The molecule has 1 aromatic carbocycles. The Balaban J connectivity index is 2.09. The Labute approximate surface area is 107 Å². The molecule has 1 aliphatic carbocycles. The molecule has 0 spiro atoms. The zero-order valence-corrected chi connectivity index (χ0v) is 10.7. The summed E-state index contributed by atoms with van der Waals surface area (Å²) in [5.41, 5.74) is 6.69. The van der Waals surface area contributed by atoms with Gasteiger partial charge in [0.05, 0.1) is 0 Å². The van der Waals surface area contributed by atoms with Gasteiger partial charge in [0.2, 0.25) is 0 Å². The highest BCUT2D eigenvalue weighted by molar-refractivity contribution is 6.31. The molecular weight excluding hydrogens is 237 g/mol. The fourth-order valence-electron chi connectivity index (χ4n) is 2.70. The molecular formula is C14H19ClFN. The molecule has 2 rings (SSSR count). The molecule has 0 aromatic heterocycles. The number of hydrogen-bond acceptors (Lipinski definition) is 1. The number of nitrogens with two attached hydrogens (primary N) is 1. The Kier molecular flexibility index (Phi) is 4.41. The minimum atomic E-state index is -0.185. The molecule has 2 atom stereocenters. The van der Waals surface area contributed by atoms with E-state index in [1.54, 1.807) is 12.1 Å². The van der Waals surface area contributed by atoms with Gasteiger partial charge in [0.15, 0.2) is 0 Å². The summed E-state index contributed by atoms with van der Waals surface area (Å²) in [6.45, 7) is 0. The van der Waals surface area contributed by atoms with Gasteiger partial charge in [-0.3, -0.25) is 0 Å². The maximum Gasteiger partial charge on any atom is 0.127 e. The van der Waals surface area contributed by atoms with E-state index >= 15 is 0 Å². The Bertz CT molecular complexity index is 360. The molecule has 17 heavy (non-hydrogen) atoms. The second-order valence-corrected chi connectivity index (χ2v) is 5.46. The SMILES string of the molecule is NC1CCCCC(Cc2c(F)cccc2Cl)C1. The molecule has 1 aliphatic rings. The van der Waals surface area contributed by atoms with E-state index in [0.717, 1.165) is 25.7 Å². The summed E-state index contributed by atoms with van der Waals surface area (Å²) in [5, 5.41) is 0.544. The van der Waals surface area contributed by atoms with Crippen LogP contribution < -0.4 is 5.73 Å². The molecule has 0 bridgehead atoms. The summed E-state index contributed by atoms with van der Waals surface area (Å²) in [6.07, 6.45) is 6.34. The van der Waals surface area contributed by atoms with E-state index in [2.05, 4.69) is 0 Å². The summed E-state index contributed by atoms with van der Waals surface area (Å²) in [6, 6.07) is 5.17. The van der Waals surface area contributed by atoms with Gasteiger partial charge < -0.3 is 5.73 Å². The van der Waals surface area contributed by atoms with E-state index < -0.39 is 0 Å². The average molecular weight is 256 g/mol. The highest BCUT2D eigenvalue weighted by Crippen LogP contribution is 2.29. The van der Waals surface area contributed by atoms with Crippen molar-refractivity contribution in [2.45, 2.75) is 44.6 Å². The number of halogens is 2. The summed E-state index contributed by atoms with van der Waals surface area (Å²) in [5.74, 6) is 0.289. The summed E-state index contributed by atoms with van der Waals surface area (Å²) >= 11 is 6.05. The van der Waals surface area contributed by atoms with Crippen LogP contribution in [-0.2, 0) is 6.42 Å². The molecule has 3 heteroatoms. The normalized spacial score (nSPS) is 25.6. The minimum absolute atomic E-state index is 0.185. The largest absolute Gasteiger partial charge is 0.328 e. The van der Waals surface area contributed by atoms with Crippen LogP contribution in [-0.4, -0.2) is 6.04 Å². The van der Waals surface area contributed by atoms with E-state index in [1.807, 2.05) is 0 Å². The first-order chi connectivity index (χ1) is 8.16. The van der Waals surface area contributed by atoms with Crippen LogP contribution in [0, 0.1) is 11.7 Å². The predicted octanol–water partition coefficient (Wildman–Crippen LogP) is 3.93. The van der Waals surface area contributed by atoms with Crippen LogP contribution in [0.2, 0.25) is 5.02 Å². The highest BCUT2D eigenvalue weighted by atomic mass is 35.5. The molecule has 0 radical (unpaired) electrons. The van der Waals surface area contributed by atoms with E-state index in [4.69, 9.17) is 17.3 Å². The van der Waals surface area contributed by atoms with Crippen molar-refractivity contribution in [3.05, 3.63) is 34.6 Å². The lowest BCUT2D eigenvalue weighted by Crippen LogP contribution is -2.22. The van der Waals surface area contributed by atoms with Crippen molar-refractivity contribution in [3.63, 3.8) is 0 Å². The van der Waals surface area contributed by atoms with Crippen molar-refractivity contribution in [2.75, 3.05) is 0 Å². The lowest BCUT2D eigenvalue weighted by atomic mass is 9.91. The van der Waals surface area contributed by atoms with Crippen LogP contribution in [0.5, 0.6) is 0 Å². The van der Waals surface area contributed by atoms with Crippen LogP contribution in [0.15, 0.2) is 18.2 Å². The Morgan fingerprint density at radius 3 is 2.82 bits per heavy atom. The molecule has 2 unspecified atom stereocenters. The molecule has 2 N–H and O–H groups in total. The number of rotatable bonds is 2. The quantitative estimate of drug-likeness (QED) is 0.797. The highest BCUT2D eigenvalue weighted by Gasteiger charge is 2.20.